The van der Waals surface area contributed by atoms with Crippen molar-refractivity contribution in [2.45, 2.75) is 6.92 Å². The summed E-state index contributed by atoms with van der Waals surface area (Å²) in [6.07, 6.45) is 1.92. The zero-order chi connectivity index (χ0) is 13.4. The summed E-state index contributed by atoms with van der Waals surface area (Å²) in [4.78, 5) is 4.55. The van der Waals surface area contributed by atoms with Crippen molar-refractivity contribution in [2.75, 3.05) is 5.73 Å². The van der Waals surface area contributed by atoms with Gasteiger partial charge in [-0.15, -0.1) is 0 Å². The maximum Gasteiger partial charge on any atom is 0.139 e. The Morgan fingerprint density at radius 2 is 1.95 bits per heavy atom. The maximum absolute atomic E-state index is 8.80. The Kier molecular flexibility index (Phi) is 2.46. The van der Waals surface area contributed by atoms with E-state index in [0.29, 0.717) is 11.4 Å². The average molecular weight is 248 g/mol. The number of hydrogen-bond donors (Lipinski definition) is 1. The first-order valence-electron chi connectivity index (χ1n) is 5.94. The van der Waals surface area contributed by atoms with E-state index in [1.165, 1.54) is 0 Å². The standard InChI is InChI=1S/C15H12N4/c1-10-6-7-19-13(8-10)18-14(15(19)17)12-4-2-11(9-16)3-5-12/h2-8H,17H2,1H3. The first kappa shape index (κ1) is 11.3. The molecule has 0 saturated heterocycles. The van der Waals surface area contributed by atoms with Crippen molar-refractivity contribution in [3.8, 4) is 17.3 Å². The van der Waals surface area contributed by atoms with E-state index in [4.69, 9.17) is 11.0 Å². The molecule has 2 N–H and O–H groups in total. The van der Waals surface area contributed by atoms with Crippen LogP contribution in [0.4, 0.5) is 5.82 Å². The highest BCUT2D eigenvalue weighted by atomic mass is 15.1. The van der Waals surface area contributed by atoms with Gasteiger partial charge in [-0.3, -0.25) is 4.40 Å². The van der Waals surface area contributed by atoms with Crippen LogP contribution in [-0.2, 0) is 0 Å². The van der Waals surface area contributed by atoms with Crippen LogP contribution >= 0.6 is 0 Å². The number of nitrogens with zero attached hydrogens (tertiary/aromatic N) is 3. The van der Waals surface area contributed by atoms with Crippen LogP contribution < -0.4 is 5.73 Å². The Morgan fingerprint density at radius 1 is 1.21 bits per heavy atom. The van der Waals surface area contributed by atoms with Crippen molar-refractivity contribution >= 4 is 11.5 Å². The smallest absolute Gasteiger partial charge is 0.139 e. The SMILES string of the molecule is Cc1ccn2c(N)c(-c3ccc(C#N)cc3)nc2c1. The summed E-state index contributed by atoms with van der Waals surface area (Å²) >= 11 is 0. The predicted octanol–water partition coefficient (Wildman–Crippen LogP) is 2.76. The number of imidazole rings is 1. The molecule has 2 aromatic heterocycles. The third kappa shape index (κ3) is 1.81. The first-order chi connectivity index (χ1) is 9.19. The third-order valence-corrected chi connectivity index (χ3v) is 3.11. The molecule has 0 aliphatic rings. The second-order valence-electron chi connectivity index (χ2n) is 4.47. The van der Waals surface area contributed by atoms with Gasteiger partial charge in [-0.1, -0.05) is 12.1 Å². The Bertz CT molecular complexity index is 791. The molecule has 0 spiro atoms. The largest absolute Gasteiger partial charge is 0.383 e. The third-order valence-electron chi connectivity index (χ3n) is 3.11. The van der Waals surface area contributed by atoms with Gasteiger partial charge in [0.05, 0.1) is 11.6 Å². The Morgan fingerprint density at radius 3 is 2.63 bits per heavy atom. The van der Waals surface area contributed by atoms with Crippen LogP contribution in [0.5, 0.6) is 0 Å². The van der Waals surface area contributed by atoms with Crippen LogP contribution in [0.1, 0.15) is 11.1 Å². The van der Waals surface area contributed by atoms with E-state index in [1.807, 2.05) is 41.8 Å². The number of aromatic nitrogens is 2. The van der Waals surface area contributed by atoms with Crippen LogP contribution in [0.3, 0.4) is 0 Å². The zero-order valence-electron chi connectivity index (χ0n) is 10.5. The minimum Gasteiger partial charge on any atom is -0.383 e. The molecule has 2 heterocycles. The molecule has 92 valence electrons. The molecule has 0 aliphatic carbocycles. The zero-order valence-corrected chi connectivity index (χ0v) is 10.5. The fraction of sp³-hybridized carbons (Fsp3) is 0.0667. The lowest BCUT2D eigenvalue weighted by Gasteiger charge is -1.99. The highest BCUT2D eigenvalue weighted by Gasteiger charge is 2.11. The molecule has 4 heteroatoms. The molecule has 0 aliphatic heterocycles. The normalized spacial score (nSPS) is 10.5. The number of fused-ring (bicyclic) bond motifs is 1. The topological polar surface area (TPSA) is 67.1 Å². The van der Waals surface area contributed by atoms with Gasteiger partial charge >= 0.3 is 0 Å². The number of nitrogens with two attached hydrogens (primary N) is 1. The summed E-state index contributed by atoms with van der Waals surface area (Å²) in [5.41, 5.74) is 10.4. The van der Waals surface area contributed by atoms with Crippen LogP contribution in [0, 0.1) is 18.3 Å². The number of pyridine rings is 1. The average Bonchev–Trinajstić information content (AvgIpc) is 2.75. The second-order valence-corrected chi connectivity index (χ2v) is 4.47. The van der Waals surface area contributed by atoms with Crippen molar-refractivity contribution in [3.05, 3.63) is 53.7 Å². The van der Waals surface area contributed by atoms with E-state index in [2.05, 4.69) is 11.1 Å². The molecule has 1 aromatic carbocycles. The summed E-state index contributed by atoms with van der Waals surface area (Å²) in [5.74, 6) is 0.611. The van der Waals surface area contributed by atoms with Crippen molar-refractivity contribution in [1.29, 1.82) is 5.26 Å². The Balaban J connectivity index is 2.19. The Labute approximate surface area is 110 Å². The summed E-state index contributed by atoms with van der Waals surface area (Å²) in [6, 6.07) is 13.3. The van der Waals surface area contributed by atoms with Crippen LogP contribution in [0.2, 0.25) is 0 Å². The lowest BCUT2D eigenvalue weighted by molar-refractivity contribution is 1.18. The van der Waals surface area contributed by atoms with Gasteiger partial charge in [0.15, 0.2) is 0 Å². The Hall–Kier alpha value is -2.80. The van der Waals surface area contributed by atoms with Crippen molar-refractivity contribution < 1.29 is 0 Å². The molecular formula is C15H12N4. The number of rotatable bonds is 1. The van der Waals surface area contributed by atoms with Gasteiger partial charge in [-0.25, -0.2) is 4.98 Å². The van der Waals surface area contributed by atoms with E-state index in [9.17, 15) is 0 Å². The van der Waals surface area contributed by atoms with E-state index in [-0.39, 0.29) is 0 Å². The van der Waals surface area contributed by atoms with Gasteiger partial charge in [-0.2, -0.15) is 5.26 Å². The molecule has 0 unspecified atom stereocenters. The molecule has 0 atom stereocenters. The lowest BCUT2D eigenvalue weighted by Crippen LogP contribution is -1.94. The summed E-state index contributed by atoms with van der Waals surface area (Å²) < 4.78 is 1.86. The van der Waals surface area contributed by atoms with Gasteiger partial charge in [0, 0.05) is 11.8 Å². The molecule has 3 aromatic rings. The summed E-state index contributed by atoms with van der Waals surface area (Å²) in [5, 5.41) is 8.80. The van der Waals surface area contributed by atoms with E-state index < -0.39 is 0 Å². The van der Waals surface area contributed by atoms with E-state index in [1.54, 1.807) is 12.1 Å². The molecule has 0 bridgehead atoms. The summed E-state index contributed by atoms with van der Waals surface area (Å²) in [6.45, 7) is 2.02. The van der Waals surface area contributed by atoms with Crippen LogP contribution in [0.25, 0.3) is 16.9 Å². The highest BCUT2D eigenvalue weighted by Crippen LogP contribution is 2.26. The number of hydrogen-bond acceptors (Lipinski definition) is 3. The minimum absolute atomic E-state index is 0.611. The molecule has 0 amide bonds. The second kappa shape index (κ2) is 4.14. The van der Waals surface area contributed by atoms with E-state index in [0.717, 1.165) is 22.5 Å². The highest BCUT2D eigenvalue weighted by molar-refractivity contribution is 5.75. The predicted molar refractivity (Wildman–Crippen MR) is 74.5 cm³/mol. The van der Waals surface area contributed by atoms with Crippen LogP contribution in [-0.4, -0.2) is 9.38 Å². The summed E-state index contributed by atoms with van der Waals surface area (Å²) in [7, 11) is 0. The van der Waals surface area contributed by atoms with Gasteiger partial charge in [0.25, 0.3) is 0 Å². The molecule has 4 nitrogen and oxygen atoms in total. The fourth-order valence-electron chi connectivity index (χ4n) is 2.08. The lowest BCUT2D eigenvalue weighted by atomic mass is 10.1. The molecule has 3 rings (SSSR count). The molecule has 0 fully saturated rings. The quantitative estimate of drug-likeness (QED) is 0.720. The molecular weight excluding hydrogens is 236 g/mol. The molecule has 0 saturated carbocycles. The van der Waals surface area contributed by atoms with Gasteiger partial charge in [-0.05, 0) is 36.8 Å². The number of benzene rings is 1. The number of nitriles is 1. The fourth-order valence-corrected chi connectivity index (χ4v) is 2.08. The van der Waals surface area contributed by atoms with Gasteiger partial charge in [0.2, 0.25) is 0 Å². The van der Waals surface area contributed by atoms with Crippen molar-refractivity contribution in [1.82, 2.24) is 9.38 Å². The first-order valence-corrected chi connectivity index (χ1v) is 5.94. The van der Waals surface area contributed by atoms with Crippen LogP contribution in [0.15, 0.2) is 42.6 Å². The van der Waals surface area contributed by atoms with E-state index >= 15 is 0 Å². The van der Waals surface area contributed by atoms with Crippen molar-refractivity contribution in [3.63, 3.8) is 0 Å². The number of aryl methyl sites for hydroxylation is 1. The number of anilines is 1. The monoisotopic (exact) mass is 248 g/mol. The van der Waals surface area contributed by atoms with Gasteiger partial charge in [0.1, 0.15) is 17.2 Å². The minimum atomic E-state index is 0.611. The number of nitrogen functional groups attached to an aromatic ring is 1. The van der Waals surface area contributed by atoms with Crippen molar-refractivity contribution in [2.24, 2.45) is 0 Å². The maximum atomic E-state index is 8.80. The van der Waals surface area contributed by atoms with Gasteiger partial charge < -0.3 is 5.73 Å². The molecule has 0 radical (unpaired) electrons. The molecule has 19 heavy (non-hydrogen) atoms.